The maximum atomic E-state index is 9.41. The van der Waals surface area contributed by atoms with Gasteiger partial charge in [0.05, 0.1) is 5.02 Å². The number of phenolic OH excluding ortho intramolecular Hbond substituents is 1. The summed E-state index contributed by atoms with van der Waals surface area (Å²) in [5, 5.41) is 9.73. The van der Waals surface area contributed by atoms with E-state index < -0.39 is 0 Å². The van der Waals surface area contributed by atoms with Crippen LogP contribution >= 0.6 is 27.5 Å². The summed E-state index contributed by atoms with van der Waals surface area (Å²) >= 11 is 8.97. The minimum atomic E-state index is 0.0606. The molecule has 0 unspecified atom stereocenters. The van der Waals surface area contributed by atoms with Crippen LogP contribution in [0, 0.1) is 0 Å². The Morgan fingerprint density at radius 2 is 2.25 bits per heavy atom. The number of hydrogen-bond donors (Lipinski definition) is 1. The molecule has 1 N–H and O–H groups in total. The van der Waals surface area contributed by atoms with Crippen molar-refractivity contribution < 1.29 is 5.11 Å². The number of halogens is 2. The third-order valence-corrected chi connectivity index (χ3v) is 2.07. The van der Waals surface area contributed by atoms with E-state index >= 15 is 0 Å². The molecule has 0 aliphatic heterocycles. The van der Waals surface area contributed by atoms with Gasteiger partial charge in [-0.3, -0.25) is 4.99 Å². The molecule has 0 fully saturated rings. The molecule has 0 saturated heterocycles. The van der Waals surface area contributed by atoms with Crippen molar-refractivity contribution in [3.05, 3.63) is 27.2 Å². The molecule has 2 nitrogen and oxygen atoms in total. The summed E-state index contributed by atoms with van der Waals surface area (Å²) in [5.41, 5.74) is 0.608. The van der Waals surface area contributed by atoms with E-state index in [-0.39, 0.29) is 5.75 Å². The second-order valence-electron chi connectivity index (χ2n) is 2.21. The van der Waals surface area contributed by atoms with Crippen molar-refractivity contribution >= 4 is 33.7 Å². The van der Waals surface area contributed by atoms with Crippen molar-refractivity contribution in [2.24, 2.45) is 4.99 Å². The van der Waals surface area contributed by atoms with Gasteiger partial charge in [0, 0.05) is 23.3 Å². The molecule has 0 aliphatic carbocycles. The third-order valence-electron chi connectivity index (χ3n) is 1.33. The van der Waals surface area contributed by atoms with E-state index in [4.69, 9.17) is 11.6 Å². The van der Waals surface area contributed by atoms with Gasteiger partial charge in [-0.05, 0) is 12.1 Å². The average Bonchev–Trinajstić information content (AvgIpc) is 2.00. The Morgan fingerprint density at radius 1 is 1.58 bits per heavy atom. The minimum absolute atomic E-state index is 0.0606. The molecular weight excluding hydrogens is 241 g/mol. The van der Waals surface area contributed by atoms with Gasteiger partial charge in [-0.1, -0.05) is 27.5 Å². The first-order valence-electron chi connectivity index (χ1n) is 3.25. The highest BCUT2D eigenvalue weighted by Crippen LogP contribution is 2.30. The number of rotatable bonds is 1. The lowest BCUT2D eigenvalue weighted by molar-refractivity contribution is 0.474. The van der Waals surface area contributed by atoms with E-state index in [0.29, 0.717) is 10.6 Å². The Hall–Kier alpha value is -0.540. The second kappa shape index (κ2) is 3.92. The molecule has 1 rings (SSSR count). The molecular formula is C8H7BrClNO. The van der Waals surface area contributed by atoms with Gasteiger partial charge in [0.2, 0.25) is 0 Å². The van der Waals surface area contributed by atoms with E-state index in [2.05, 4.69) is 20.9 Å². The fraction of sp³-hybridized carbons (Fsp3) is 0.125. The van der Waals surface area contributed by atoms with Gasteiger partial charge in [-0.25, -0.2) is 0 Å². The number of aliphatic imine (C=N–C) groups is 1. The summed E-state index contributed by atoms with van der Waals surface area (Å²) < 4.78 is 0.820. The van der Waals surface area contributed by atoms with Crippen molar-refractivity contribution in [2.75, 3.05) is 7.05 Å². The quantitative estimate of drug-likeness (QED) is 0.762. The van der Waals surface area contributed by atoms with Crippen molar-refractivity contribution in [2.45, 2.75) is 0 Å². The summed E-state index contributed by atoms with van der Waals surface area (Å²) in [6.45, 7) is 0. The predicted molar refractivity (Wildman–Crippen MR) is 54.3 cm³/mol. The maximum absolute atomic E-state index is 9.41. The molecule has 0 bridgehead atoms. The van der Waals surface area contributed by atoms with E-state index in [1.807, 2.05) is 0 Å². The SMILES string of the molecule is CN=Cc1cc(Br)cc(Cl)c1O. The summed E-state index contributed by atoms with van der Waals surface area (Å²) in [7, 11) is 1.63. The first-order chi connectivity index (χ1) is 5.65. The smallest absolute Gasteiger partial charge is 0.142 e. The van der Waals surface area contributed by atoms with Crippen LogP contribution in [0.25, 0.3) is 0 Å². The highest BCUT2D eigenvalue weighted by molar-refractivity contribution is 9.10. The van der Waals surface area contributed by atoms with Gasteiger partial charge in [-0.15, -0.1) is 0 Å². The topological polar surface area (TPSA) is 32.6 Å². The molecule has 0 aliphatic rings. The van der Waals surface area contributed by atoms with Gasteiger partial charge in [-0.2, -0.15) is 0 Å². The van der Waals surface area contributed by atoms with Gasteiger partial charge in [0.15, 0.2) is 0 Å². The maximum Gasteiger partial charge on any atom is 0.142 e. The number of hydrogen-bond acceptors (Lipinski definition) is 2. The van der Waals surface area contributed by atoms with Gasteiger partial charge in [0.1, 0.15) is 5.75 Å². The van der Waals surface area contributed by atoms with Crippen LogP contribution in [0.5, 0.6) is 5.75 Å². The van der Waals surface area contributed by atoms with Crippen LogP contribution in [0.2, 0.25) is 5.02 Å². The minimum Gasteiger partial charge on any atom is -0.506 e. The molecule has 4 heteroatoms. The zero-order valence-corrected chi connectivity index (χ0v) is 8.72. The largest absolute Gasteiger partial charge is 0.506 e. The lowest BCUT2D eigenvalue weighted by Crippen LogP contribution is -1.83. The number of nitrogens with zero attached hydrogens (tertiary/aromatic N) is 1. The first kappa shape index (κ1) is 9.55. The van der Waals surface area contributed by atoms with Gasteiger partial charge >= 0.3 is 0 Å². The van der Waals surface area contributed by atoms with E-state index in [0.717, 1.165) is 4.47 Å². The monoisotopic (exact) mass is 247 g/mol. The van der Waals surface area contributed by atoms with Crippen molar-refractivity contribution in [1.29, 1.82) is 0 Å². The predicted octanol–water partition coefficient (Wildman–Crippen LogP) is 2.86. The molecule has 0 aromatic heterocycles. The lowest BCUT2D eigenvalue weighted by atomic mass is 10.2. The fourth-order valence-electron chi connectivity index (χ4n) is 0.823. The summed E-state index contributed by atoms with van der Waals surface area (Å²) in [6, 6.07) is 3.37. The molecule has 0 amide bonds. The number of benzene rings is 1. The van der Waals surface area contributed by atoms with Crippen molar-refractivity contribution in [3.63, 3.8) is 0 Å². The second-order valence-corrected chi connectivity index (χ2v) is 3.54. The zero-order valence-electron chi connectivity index (χ0n) is 6.38. The standard InChI is InChI=1S/C8H7BrClNO/c1-11-4-5-2-6(9)3-7(10)8(5)12/h2-4,12H,1H3. The molecule has 0 saturated carbocycles. The van der Waals surface area contributed by atoms with Crippen molar-refractivity contribution in [3.8, 4) is 5.75 Å². The highest BCUT2D eigenvalue weighted by Gasteiger charge is 2.04. The molecule has 0 atom stereocenters. The van der Waals surface area contributed by atoms with Crippen LogP contribution in [-0.4, -0.2) is 18.4 Å². The number of phenols is 1. The van der Waals surface area contributed by atoms with E-state index in [1.54, 1.807) is 25.4 Å². The summed E-state index contributed by atoms with van der Waals surface area (Å²) in [6.07, 6.45) is 1.55. The Labute approximate surface area is 84.0 Å². The van der Waals surface area contributed by atoms with Crippen LogP contribution < -0.4 is 0 Å². The normalized spacial score (nSPS) is 10.9. The van der Waals surface area contributed by atoms with Crippen LogP contribution in [0.3, 0.4) is 0 Å². The van der Waals surface area contributed by atoms with E-state index in [1.165, 1.54) is 0 Å². The molecule has 12 heavy (non-hydrogen) atoms. The highest BCUT2D eigenvalue weighted by atomic mass is 79.9. The van der Waals surface area contributed by atoms with Crippen LogP contribution in [0.1, 0.15) is 5.56 Å². The van der Waals surface area contributed by atoms with E-state index in [9.17, 15) is 5.11 Å². The van der Waals surface area contributed by atoms with Gasteiger partial charge in [0.25, 0.3) is 0 Å². The first-order valence-corrected chi connectivity index (χ1v) is 4.42. The Kier molecular flexibility index (Phi) is 3.12. The molecule has 0 spiro atoms. The summed E-state index contributed by atoms with van der Waals surface area (Å²) in [5.74, 6) is 0.0606. The molecule has 0 heterocycles. The molecule has 1 aromatic rings. The fourth-order valence-corrected chi connectivity index (χ4v) is 1.66. The van der Waals surface area contributed by atoms with Gasteiger partial charge < -0.3 is 5.11 Å². The third kappa shape index (κ3) is 1.99. The molecule has 0 radical (unpaired) electrons. The van der Waals surface area contributed by atoms with Crippen LogP contribution in [-0.2, 0) is 0 Å². The Balaban J connectivity index is 3.27. The van der Waals surface area contributed by atoms with Crippen LogP contribution in [0.15, 0.2) is 21.6 Å². The van der Waals surface area contributed by atoms with Crippen LogP contribution in [0.4, 0.5) is 0 Å². The number of aromatic hydroxyl groups is 1. The Morgan fingerprint density at radius 3 is 2.83 bits per heavy atom. The zero-order chi connectivity index (χ0) is 9.14. The molecule has 64 valence electrons. The molecule has 1 aromatic carbocycles. The summed E-state index contributed by atoms with van der Waals surface area (Å²) in [4.78, 5) is 3.78. The Bertz CT molecular complexity index is 325. The lowest BCUT2D eigenvalue weighted by Gasteiger charge is -2.01. The van der Waals surface area contributed by atoms with Crippen molar-refractivity contribution in [1.82, 2.24) is 0 Å². The average molecular weight is 249 g/mol.